The lowest BCUT2D eigenvalue weighted by molar-refractivity contribution is -0.157. The van der Waals surface area contributed by atoms with Crippen LogP contribution < -0.4 is 11.1 Å². The van der Waals surface area contributed by atoms with Crippen LogP contribution >= 0.6 is 12.6 Å². The minimum absolute atomic E-state index is 0. The largest absolute Gasteiger partial charge is 0.463 e. The summed E-state index contributed by atoms with van der Waals surface area (Å²) in [6.45, 7) is 8.74. The van der Waals surface area contributed by atoms with Crippen molar-refractivity contribution in [2.24, 2.45) is 5.73 Å². The van der Waals surface area contributed by atoms with Gasteiger partial charge in [-0.05, 0) is 130 Å². The summed E-state index contributed by atoms with van der Waals surface area (Å²) in [6, 6.07) is 0. The monoisotopic (exact) mass is 1100 g/mol. The summed E-state index contributed by atoms with van der Waals surface area (Å²) in [6.07, 6.45) is 65.1. The molecule has 0 unspecified atom stereocenters. The minimum Gasteiger partial charge on any atom is -0.463 e. The number of nitrogens with zero attached hydrogens (tertiary/aromatic N) is 1. The predicted octanol–water partition coefficient (Wildman–Crippen LogP) is 15.7. The van der Waals surface area contributed by atoms with E-state index in [1.54, 1.807) is 0 Å². The summed E-state index contributed by atoms with van der Waals surface area (Å²) in [4.78, 5) is 41.1. The highest BCUT2D eigenvalue weighted by Gasteiger charge is 2.35. The number of hydrogen-bond acceptors (Lipinski definition) is 10. The van der Waals surface area contributed by atoms with E-state index in [0.29, 0.717) is 31.6 Å². The molecule has 0 saturated heterocycles. The molecule has 0 spiro atoms. The predicted molar refractivity (Wildman–Crippen MR) is 335 cm³/mol. The van der Waals surface area contributed by atoms with Crippen LogP contribution in [-0.4, -0.2) is 98.6 Å². The molecule has 0 aromatic rings. The van der Waals surface area contributed by atoms with E-state index in [9.17, 15) is 14.4 Å². The molecule has 0 atom stereocenters. The van der Waals surface area contributed by atoms with Crippen molar-refractivity contribution in [3.8, 4) is 0 Å². The van der Waals surface area contributed by atoms with Gasteiger partial charge in [0, 0.05) is 47.5 Å². The number of carbonyl (C=O) groups is 3. The zero-order valence-electron chi connectivity index (χ0n) is 49.8. The third-order valence-electron chi connectivity index (χ3n) is 12.7. The Morgan fingerprint density at radius 1 is 0.447 bits per heavy atom. The van der Waals surface area contributed by atoms with Crippen molar-refractivity contribution < 1.29 is 42.4 Å². The highest BCUT2D eigenvalue weighted by molar-refractivity contribution is 7.80. The molecule has 450 valence electrons. The van der Waals surface area contributed by atoms with E-state index in [-0.39, 0.29) is 51.5 Å². The second kappa shape index (κ2) is 66.3. The molecule has 0 aromatic carbocycles. The molecule has 76 heavy (non-hydrogen) atoms. The molecule has 0 aliphatic heterocycles. The maximum absolute atomic E-state index is 13.0. The van der Waals surface area contributed by atoms with Crippen LogP contribution in [0.3, 0.4) is 0 Å². The van der Waals surface area contributed by atoms with Gasteiger partial charge in [0.15, 0.2) is 0 Å². The van der Waals surface area contributed by atoms with Crippen molar-refractivity contribution in [3.05, 3.63) is 72.9 Å². The van der Waals surface area contributed by atoms with Crippen LogP contribution in [0.5, 0.6) is 0 Å². The number of nitrogens with two attached hydrogens (primary N) is 1. The Labute approximate surface area is 476 Å². The molecule has 0 aliphatic carbocycles. The molecular weight excluding hydrogens is 971 g/mol. The average molecular weight is 1100 g/mol. The third-order valence-corrected chi connectivity index (χ3v) is 12.9. The first-order valence-corrected chi connectivity index (χ1v) is 30.9. The smallest absolute Gasteiger partial charge is 0.305 e. The number of esters is 3. The summed E-state index contributed by atoms with van der Waals surface area (Å²) in [7, 11) is 4.01. The van der Waals surface area contributed by atoms with Gasteiger partial charge in [0.2, 0.25) is 0 Å². The zero-order valence-corrected chi connectivity index (χ0v) is 50.6. The van der Waals surface area contributed by atoms with Gasteiger partial charge in [-0.15, -0.1) is 0 Å². The highest BCUT2D eigenvalue weighted by atomic mass is 32.1. The Kier molecular flexibility index (Phi) is 69.3. The van der Waals surface area contributed by atoms with Gasteiger partial charge in [-0.3, -0.25) is 14.4 Å². The van der Waals surface area contributed by atoms with E-state index in [0.717, 1.165) is 148 Å². The van der Waals surface area contributed by atoms with Gasteiger partial charge in [0.25, 0.3) is 0 Å². The van der Waals surface area contributed by atoms with E-state index in [1.807, 2.05) is 14.1 Å². The van der Waals surface area contributed by atoms with Gasteiger partial charge < -0.3 is 41.1 Å². The first-order chi connectivity index (χ1) is 36.2. The molecule has 0 aliphatic rings. The van der Waals surface area contributed by atoms with Crippen LogP contribution in [0.15, 0.2) is 72.9 Å². The summed E-state index contributed by atoms with van der Waals surface area (Å²) < 4.78 is 17.5. The lowest BCUT2D eigenvalue weighted by atomic mass is 10.0. The fourth-order valence-electron chi connectivity index (χ4n) is 7.97. The lowest BCUT2D eigenvalue weighted by Crippen LogP contribution is -2.58. The van der Waals surface area contributed by atoms with Crippen LogP contribution in [0.25, 0.3) is 0 Å². The van der Waals surface area contributed by atoms with Gasteiger partial charge >= 0.3 is 17.9 Å². The van der Waals surface area contributed by atoms with E-state index in [4.69, 9.17) is 19.9 Å². The number of nitrogens with one attached hydrogen (secondary N) is 1. The molecule has 7 N–H and O–H groups in total. The molecular formula is C64H125N3O8S. The summed E-state index contributed by atoms with van der Waals surface area (Å²) >= 11 is 4.41. The molecule has 11 nitrogen and oxygen atoms in total. The van der Waals surface area contributed by atoms with Gasteiger partial charge in [0.1, 0.15) is 25.4 Å². The van der Waals surface area contributed by atoms with E-state index in [1.165, 1.54) is 77.0 Å². The number of likely N-dealkylation sites (N-methyl/N-ethyl adjacent to an activating group) is 1. The second-order valence-corrected chi connectivity index (χ2v) is 20.9. The number of carbonyl (C=O) groups excluding carboxylic acids is 3. The van der Waals surface area contributed by atoms with Gasteiger partial charge in [-0.2, -0.15) is 12.6 Å². The topological polar surface area (TPSA) is 183 Å². The summed E-state index contributed by atoms with van der Waals surface area (Å²) in [5.74, 6) is -0.358. The lowest BCUT2D eigenvalue weighted by Gasteiger charge is -2.33. The Balaban J connectivity index is -0.00000122. The molecule has 0 heterocycles. The van der Waals surface area contributed by atoms with E-state index in [2.05, 4.69) is 117 Å². The van der Waals surface area contributed by atoms with Crippen LogP contribution in [-0.2, 0) is 28.6 Å². The van der Waals surface area contributed by atoms with E-state index < -0.39 is 5.54 Å². The Bertz CT molecular complexity index is 1280. The molecule has 0 bridgehead atoms. The SMILES string of the molecule is CCCCC/C=C\C/C=C\CCCCCCCC(=O)OCC(COC(=O)CCCCCCC/C=C\C/C=C\CCCCC)(COC(=O)CCCCCCC/C=C\C/C=C\CCCCC)NCCS.CN(C)CCN.O.O.[HH].[HH]. The Morgan fingerprint density at radius 2 is 0.711 bits per heavy atom. The molecule has 0 rings (SSSR count). The van der Waals surface area contributed by atoms with Crippen molar-refractivity contribution in [2.75, 3.05) is 59.3 Å². The number of rotatable bonds is 53. The fourth-order valence-corrected chi connectivity index (χ4v) is 8.08. The van der Waals surface area contributed by atoms with Crippen LogP contribution in [0.2, 0.25) is 0 Å². The van der Waals surface area contributed by atoms with Crippen molar-refractivity contribution >= 4 is 30.5 Å². The van der Waals surface area contributed by atoms with Crippen LogP contribution in [0, 0.1) is 0 Å². The van der Waals surface area contributed by atoms with Crippen molar-refractivity contribution in [3.63, 3.8) is 0 Å². The summed E-state index contributed by atoms with van der Waals surface area (Å²) in [5.41, 5.74) is 4.13. The van der Waals surface area contributed by atoms with Crippen molar-refractivity contribution in [1.82, 2.24) is 10.2 Å². The van der Waals surface area contributed by atoms with Crippen molar-refractivity contribution in [1.29, 1.82) is 0 Å². The first kappa shape index (κ1) is 79.5. The molecule has 0 saturated carbocycles. The summed E-state index contributed by atoms with van der Waals surface area (Å²) in [5, 5.41) is 3.38. The van der Waals surface area contributed by atoms with Crippen LogP contribution in [0.1, 0.15) is 255 Å². The third kappa shape index (κ3) is 63.5. The maximum atomic E-state index is 13.0. The normalized spacial score (nSPS) is 11.8. The maximum Gasteiger partial charge on any atom is 0.305 e. The van der Waals surface area contributed by atoms with Crippen molar-refractivity contribution in [2.45, 2.75) is 257 Å². The Hall–Kier alpha value is -3.00. The first-order valence-electron chi connectivity index (χ1n) is 30.3. The van der Waals surface area contributed by atoms with E-state index >= 15 is 0 Å². The highest BCUT2D eigenvalue weighted by Crippen LogP contribution is 2.16. The average Bonchev–Trinajstić information content (AvgIpc) is 3.39. The molecule has 0 aromatic heterocycles. The zero-order chi connectivity index (χ0) is 54.5. The molecule has 0 radical (unpaired) electrons. The Morgan fingerprint density at radius 3 is 0.947 bits per heavy atom. The van der Waals surface area contributed by atoms with Gasteiger partial charge in [0.05, 0.1) is 0 Å². The standard InChI is InChI=1S/C60H105NO6S.C4H12N2.2H2O.2H2/c1-4-7-10-13-16-19-22-25-28-31-34-37-40-43-46-49-57(62)65-54-60(61-52-53-68,55-66-58(63)50-47-44-41-38-35-32-29-26-23-20-17-14-11-8-5-2)56-67-59(64)51-48-45-42-39-36-33-30-27-24-21-18-15-12-9-6-3;1-6(2)4-3-5;;;;/h16-21,25-30,61,68H,4-15,22-24,31-56H2,1-3H3;3-5H2,1-2H3;2*1H2;2*1H/b19-16-,20-17-,21-18-,28-25-,29-26-,30-27-;;;;;. The molecule has 0 amide bonds. The number of ether oxygens (including phenoxy) is 3. The van der Waals surface area contributed by atoms with Gasteiger partial charge in [-0.1, -0.05) is 190 Å². The van der Waals surface area contributed by atoms with Crippen LogP contribution in [0.4, 0.5) is 0 Å². The second-order valence-electron chi connectivity index (χ2n) is 20.4. The number of thiol groups is 1. The molecule has 12 heteroatoms. The molecule has 0 fully saturated rings. The quantitative estimate of drug-likeness (QED) is 0.0175. The fraction of sp³-hybridized carbons (Fsp3) is 0.766. The number of hydrogen-bond donors (Lipinski definition) is 3. The number of allylic oxidation sites excluding steroid dienone is 12. The van der Waals surface area contributed by atoms with Gasteiger partial charge in [-0.25, -0.2) is 0 Å². The minimum atomic E-state index is -1.06. The number of unbranched alkanes of at least 4 members (excludes halogenated alkanes) is 24.